The van der Waals surface area contributed by atoms with Crippen molar-refractivity contribution in [1.82, 2.24) is 14.6 Å². The average Bonchev–Trinajstić information content (AvgIpc) is 3.12. The summed E-state index contributed by atoms with van der Waals surface area (Å²) in [5, 5.41) is 7.66. The number of fused-ring (bicyclic) bond motifs is 1. The molecule has 0 radical (unpaired) electrons. The van der Waals surface area contributed by atoms with Crippen LogP contribution >= 0.6 is 0 Å². The Morgan fingerprint density at radius 1 is 1.18 bits per heavy atom. The molecule has 4 rings (SSSR count). The number of aryl methyl sites for hydroxylation is 3. The summed E-state index contributed by atoms with van der Waals surface area (Å²) in [6.07, 6.45) is 2.12. The van der Waals surface area contributed by atoms with Gasteiger partial charge in [0.05, 0.1) is 16.1 Å². The van der Waals surface area contributed by atoms with E-state index in [0.717, 1.165) is 11.6 Å². The number of sulfonamides is 1. The molecule has 2 heterocycles. The maximum absolute atomic E-state index is 13.5. The van der Waals surface area contributed by atoms with Gasteiger partial charge in [0, 0.05) is 18.3 Å². The van der Waals surface area contributed by atoms with Gasteiger partial charge in [-0.3, -0.25) is 9.52 Å². The van der Waals surface area contributed by atoms with Gasteiger partial charge in [-0.1, -0.05) is 19.1 Å². The van der Waals surface area contributed by atoms with Crippen LogP contribution in [0.4, 0.5) is 21.6 Å². The standard InChI is InChI=1S/C23H23FN6O3S/c1-4-20-27-23(21-14(3)18(22(25)31)12-30(21)28-20)26-19-11-16(9-8-13(19)2)29-34(32,33)17-7-5-6-15(24)10-17/h5-12,29H,4H2,1-3H3,(H2,25,31)(H,26,27,28). The molecule has 176 valence electrons. The minimum absolute atomic E-state index is 0.185. The smallest absolute Gasteiger partial charge is 0.261 e. The topological polar surface area (TPSA) is 131 Å². The number of carbonyl (C=O) groups excluding carboxylic acids is 1. The number of amides is 1. The molecule has 1 amide bonds. The number of nitrogens with zero attached hydrogens (tertiary/aromatic N) is 3. The molecule has 0 bridgehead atoms. The summed E-state index contributed by atoms with van der Waals surface area (Å²) in [4.78, 5) is 16.2. The Labute approximate surface area is 195 Å². The van der Waals surface area contributed by atoms with E-state index in [4.69, 9.17) is 5.73 Å². The number of hydrogen-bond donors (Lipinski definition) is 3. The average molecular weight is 483 g/mol. The maximum atomic E-state index is 13.5. The van der Waals surface area contributed by atoms with E-state index in [2.05, 4.69) is 20.1 Å². The molecule has 2 aromatic carbocycles. The molecule has 0 atom stereocenters. The number of benzene rings is 2. The lowest BCUT2D eigenvalue weighted by atomic mass is 10.1. The van der Waals surface area contributed by atoms with Gasteiger partial charge < -0.3 is 11.1 Å². The molecule has 0 aliphatic carbocycles. The highest BCUT2D eigenvalue weighted by atomic mass is 32.2. The number of rotatable bonds is 7. The third-order valence-corrected chi connectivity index (χ3v) is 6.74. The number of carbonyl (C=O) groups is 1. The fourth-order valence-electron chi connectivity index (χ4n) is 3.56. The van der Waals surface area contributed by atoms with Crippen LogP contribution in [0.3, 0.4) is 0 Å². The van der Waals surface area contributed by atoms with Crippen molar-refractivity contribution in [3.63, 3.8) is 0 Å². The van der Waals surface area contributed by atoms with Crippen molar-refractivity contribution in [3.05, 3.63) is 77.0 Å². The molecule has 0 unspecified atom stereocenters. The molecule has 2 aromatic heterocycles. The lowest BCUT2D eigenvalue weighted by molar-refractivity contribution is 0.1000. The van der Waals surface area contributed by atoms with Crippen molar-refractivity contribution in [2.45, 2.75) is 32.1 Å². The van der Waals surface area contributed by atoms with Gasteiger partial charge in [0.1, 0.15) is 11.3 Å². The van der Waals surface area contributed by atoms with E-state index < -0.39 is 21.7 Å². The number of nitrogens with two attached hydrogens (primary N) is 1. The predicted molar refractivity (Wildman–Crippen MR) is 127 cm³/mol. The normalized spacial score (nSPS) is 11.5. The molecule has 0 saturated carbocycles. The Morgan fingerprint density at radius 2 is 1.94 bits per heavy atom. The third-order valence-electron chi connectivity index (χ3n) is 5.36. The first kappa shape index (κ1) is 23.2. The number of primary amides is 1. The molecule has 9 nitrogen and oxygen atoms in total. The van der Waals surface area contributed by atoms with Gasteiger partial charge >= 0.3 is 0 Å². The molecular weight excluding hydrogens is 459 g/mol. The first-order valence-corrected chi connectivity index (χ1v) is 11.9. The molecule has 0 saturated heterocycles. The van der Waals surface area contributed by atoms with Crippen LogP contribution in [0.1, 0.15) is 34.2 Å². The second-order valence-electron chi connectivity index (χ2n) is 7.77. The van der Waals surface area contributed by atoms with Gasteiger partial charge in [-0.2, -0.15) is 5.10 Å². The van der Waals surface area contributed by atoms with E-state index in [1.807, 2.05) is 13.8 Å². The lowest BCUT2D eigenvalue weighted by Gasteiger charge is -2.14. The van der Waals surface area contributed by atoms with Crippen LogP contribution in [-0.4, -0.2) is 28.9 Å². The summed E-state index contributed by atoms with van der Waals surface area (Å²) >= 11 is 0. The molecule has 0 aliphatic rings. The number of aromatic nitrogens is 3. The SMILES string of the molecule is CCc1nc(Nc2cc(NS(=O)(=O)c3cccc(F)c3)ccc2C)c2c(C)c(C(N)=O)cn2n1. The Morgan fingerprint density at radius 3 is 2.62 bits per heavy atom. The zero-order valence-electron chi connectivity index (χ0n) is 18.8. The van der Waals surface area contributed by atoms with Gasteiger partial charge in [-0.15, -0.1) is 0 Å². The van der Waals surface area contributed by atoms with E-state index in [-0.39, 0.29) is 10.6 Å². The molecule has 0 fully saturated rings. The molecule has 0 spiro atoms. The zero-order chi connectivity index (χ0) is 24.6. The van der Waals surface area contributed by atoms with Crippen LogP contribution in [0.15, 0.2) is 53.6 Å². The Balaban J connectivity index is 1.74. The second kappa shape index (κ2) is 8.75. The highest BCUT2D eigenvalue weighted by Crippen LogP contribution is 2.29. The maximum Gasteiger partial charge on any atom is 0.261 e. The summed E-state index contributed by atoms with van der Waals surface area (Å²) in [6.45, 7) is 5.52. The zero-order valence-corrected chi connectivity index (χ0v) is 19.6. The van der Waals surface area contributed by atoms with E-state index >= 15 is 0 Å². The molecule has 34 heavy (non-hydrogen) atoms. The Kier molecular flexibility index (Phi) is 5.96. The monoisotopic (exact) mass is 482 g/mol. The summed E-state index contributed by atoms with van der Waals surface area (Å²) in [5.74, 6) is -0.227. The summed E-state index contributed by atoms with van der Waals surface area (Å²) < 4.78 is 43.0. The minimum atomic E-state index is -4.00. The first-order chi connectivity index (χ1) is 16.1. The van der Waals surface area contributed by atoms with E-state index in [1.54, 1.807) is 35.8 Å². The largest absolute Gasteiger partial charge is 0.366 e. The van der Waals surface area contributed by atoms with Crippen molar-refractivity contribution in [3.8, 4) is 0 Å². The molecular formula is C23H23FN6O3S. The van der Waals surface area contributed by atoms with Crippen LogP contribution in [0, 0.1) is 19.7 Å². The van der Waals surface area contributed by atoms with Crippen LogP contribution in [0.25, 0.3) is 5.52 Å². The molecule has 4 N–H and O–H groups in total. The summed E-state index contributed by atoms with van der Waals surface area (Å²) in [7, 11) is -4.00. The van der Waals surface area contributed by atoms with E-state index in [9.17, 15) is 17.6 Å². The number of anilines is 3. The highest BCUT2D eigenvalue weighted by molar-refractivity contribution is 7.92. The van der Waals surface area contributed by atoms with Crippen LogP contribution in [0.2, 0.25) is 0 Å². The van der Waals surface area contributed by atoms with Gasteiger partial charge in [0.25, 0.3) is 15.9 Å². The van der Waals surface area contributed by atoms with Crippen LogP contribution in [0.5, 0.6) is 0 Å². The van der Waals surface area contributed by atoms with Crippen molar-refractivity contribution in [2.24, 2.45) is 5.73 Å². The quantitative estimate of drug-likeness (QED) is 0.368. The summed E-state index contributed by atoms with van der Waals surface area (Å²) in [6, 6.07) is 9.73. The molecule has 4 aromatic rings. The number of hydrogen-bond acceptors (Lipinski definition) is 6. The van der Waals surface area contributed by atoms with Crippen LogP contribution in [-0.2, 0) is 16.4 Å². The number of nitrogens with one attached hydrogen (secondary N) is 2. The van der Waals surface area contributed by atoms with Crippen molar-refractivity contribution in [1.29, 1.82) is 0 Å². The lowest BCUT2D eigenvalue weighted by Crippen LogP contribution is -2.13. The predicted octanol–water partition coefficient (Wildman–Crippen LogP) is 3.69. The van der Waals surface area contributed by atoms with Gasteiger partial charge in [-0.25, -0.2) is 22.3 Å². The first-order valence-electron chi connectivity index (χ1n) is 10.4. The molecule has 11 heteroatoms. The van der Waals surface area contributed by atoms with Crippen molar-refractivity contribution >= 4 is 38.6 Å². The fourth-order valence-corrected chi connectivity index (χ4v) is 4.64. The van der Waals surface area contributed by atoms with Gasteiger partial charge in [0.15, 0.2) is 11.6 Å². The van der Waals surface area contributed by atoms with E-state index in [0.29, 0.717) is 40.4 Å². The third kappa shape index (κ3) is 4.42. The Hall–Kier alpha value is -3.99. The van der Waals surface area contributed by atoms with Crippen LogP contribution < -0.4 is 15.8 Å². The molecule has 0 aliphatic heterocycles. The Bertz CT molecular complexity index is 1530. The van der Waals surface area contributed by atoms with Gasteiger partial charge in [-0.05, 0) is 55.3 Å². The minimum Gasteiger partial charge on any atom is -0.366 e. The van der Waals surface area contributed by atoms with Crippen molar-refractivity contribution < 1.29 is 17.6 Å². The van der Waals surface area contributed by atoms with Gasteiger partial charge in [0.2, 0.25) is 0 Å². The number of halogens is 1. The summed E-state index contributed by atoms with van der Waals surface area (Å²) in [5.41, 5.74) is 8.73. The second-order valence-corrected chi connectivity index (χ2v) is 9.46. The highest BCUT2D eigenvalue weighted by Gasteiger charge is 2.19. The van der Waals surface area contributed by atoms with Crippen molar-refractivity contribution in [2.75, 3.05) is 10.0 Å². The van der Waals surface area contributed by atoms with E-state index in [1.165, 1.54) is 18.2 Å². The fraction of sp³-hybridized carbons (Fsp3) is 0.174.